The molecule has 0 heterocycles. The van der Waals surface area contributed by atoms with Gasteiger partial charge in [0.1, 0.15) is 11.4 Å². The van der Waals surface area contributed by atoms with Crippen molar-refractivity contribution in [3.05, 3.63) is 28.3 Å². The summed E-state index contributed by atoms with van der Waals surface area (Å²) in [6.45, 7) is 1.63. The van der Waals surface area contributed by atoms with Gasteiger partial charge in [0.2, 0.25) is 0 Å². The molecule has 0 saturated carbocycles. The number of esters is 1. The number of benzene rings is 1. The second-order valence-corrected chi connectivity index (χ2v) is 3.07. The first kappa shape index (κ1) is 12.8. The number of rotatable bonds is 5. The molecule has 92 valence electrons. The number of hydrogen-bond donors (Lipinski definition) is 1. The Kier molecular flexibility index (Phi) is 4.27. The Balaban J connectivity index is 2.69. The van der Waals surface area contributed by atoms with E-state index in [9.17, 15) is 14.9 Å². The molecular formula is C10H12N2O5. The number of ether oxygens (including phenoxy) is 2. The van der Waals surface area contributed by atoms with E-state index in [2.05, 4.69) is 4.74 Å². The van der Waals surface area contributed by atoms with Crippen LogP contribution in [0, 0.1) is 10.1 Å². The van der Waals surface area contributed by atoms with Crippen molar-refractivity contribution in [1.29, 1.82) is 0 Å². The highest BCUT2D eigenvalue weighted by molar-refractivity contribution is 5.71. The standard InChI is InChI=1S/C10H12N2O5/c1-2-16-10(13)6-17-7-3-4-8(11)9(5-7)12(14)15/h3-5H,2,6,11H2,1H3. The van der Waals surface area contributed by atoms with E-state index >= 15 is 0 Å². The van der Waals surface area contributed by atoms with Crippen LogP contribution < -0.4 is 10.5 Å². The van der Waals surface area contributed by atoms with Crippen molar-refractivity contribution < 1.29 is 19.2 Å². The molecule has 0 bridgehead atoms. The summed E-state index contributed by atoms with van der Waals surface area (Å²) in [6.07, 6.45) is 0. The van der Waals surface area contributed by atoms with Gasteiger partial charge in [-0.15, -0.1) is 0 Å². The van der Waals surface area contributed by atoms with Crippen molar-refractivity contribution in [2.24, 2.45) is 0 Å². The highest BCUT2D eigenvalue weighted by Crippen LogP contribution is 2.26. The maximum absolute atomic E-state index is 11.0. The van der Waals surface area contributed by atoms with Gasteiger partial charge >= 0.3 is 5.97 Å². The summed E-state index contributed by atoms with van der Waals surface area (Å²) < 4.78 is 9.67. The monoisotopic (exact) mass is 240 g/mol. The minimum atomic E-state index is -0.618. The third-order valence-corrected chi connectivity index (χ3v) is 1.86. The fraction of sp³-hybridized carbons (Fsp3) is 0.300. The highest BCUT2D eigenvalue weighted by atomic mass is 16.6. The van der Waals surface area contributed by atoms with Gasteiger partial charge in [-0.05, 0) is 19.1 Å². The molecule has 7 heteroatoms. The minimum absolute atomic E-state index is 0.0403. The summed E-state index contributed by atoms with van der Waals surface area (Å²) >= 11 is 0. The summed E-state index contributed by atoms with van der Waals surface area (Å²) in [7, 11) is 0. The quantitative estimate of drug-likeness (QED) is 0.358. The van der Waals surface area contributed by atoms with E-state index in [-0.39, 0.29) is 30.3 Å². The molecule has 0 amide bonds. The number of hydrogen-bond acceptors (Lipinski definition) is 6. The van der Waals surface area contributed by atoms with E-state index in [1.807, 2.05) is 0 Å². The summed E-state index contributed by atoms with van der Waals surface area (Å²) in [5, 5.41) is 10.6. The molecule has 0 unspecified atom stereocenters. The van der Waals surface area contributed by atoms with E-state index in [1.54, 1.807) is 6.92 Å². The fourth-order valence-electron chi connectivity index (χ4n) is 1.12. The van der Waals surface area contributed by atoms with Crippen LogP contribution >= 0.6 is 0 Å². The van der Waals surface area contributed by atoms with Gasteiger partial charge < -0.3 is 15.2 Å². The van der Waals surface area contributed by atoms with Crippen LogP contribution in [0.4, 0.5) is 11.4 Å². The Morgan fingerprint density at radius 3 is 2.82 bits per heavy atom. The number of carbonyl (C=O) groups excluding carboxylic acids is 1. The average Bonchev–Trinajstić information content (AvgIpc) is 2.28. The molecule has 0 aliphatic heterocycles. The van der Waals surface area contributed by atoms with Crippen molar-refractivity contribution in [2.75, 3.05) is 18.9 Å². The predicted octanol–water partition coefficient (Wildman–Crippen LogP) is 1.12. The van der Waals surface area contributed by atoms with Gasteiger partial charge in [0.05, 0.1) is 17.6 Å². The lowest BCUT2D eigenvalue weighted by Crippen LogP contribution is -2.14. The zero-order valence-electron chi connectivity index (χ0n) is 9.21. The lowest BCUT2D eigenvalue weighted by atomic mass is 10.2. The lowest BCUT2D eigenvalue weighted by molar-refractivity contribution is -0.384. The van der Waals surface area contributed by atoms with Crippen LogP contribution in [0.3, 0.4) is 0 Å². The molecule has 0 radical (unpaired) electrons. The molecule has 2 N–H and O–H groups in total. The third kappa shape index (κ3) is 3.63. The smallest absolute Gasteiger partial charge is 0.344 e. The van der Waals surface area contributed by atoms with Crippen LogP contribution in [0.1, 0.15) is 6.92 Å². The summed E-state index contributed by atoms with van der Waals surface area (Å²) in [5.41, 5.74) is 5.19. The Hall–Kier alpha value is -2.31. The van der Waals surface area contributed by atoms with Gasteiger partial charge in [-0.1, -0.05) is 0 Å². The molecule has 1 aromatic carbocycles. The highest BCUT2D eigenvalue weighted by Gasteiger charge is 2.13. The van der Waals surface area contributed by atoms with Gasteiger partial charge in [0.15, 0.2) is 6.61 Å². The second kappa shape index (κ2) is 5.69. The van der Waals surface area contributed by atoms with E-state index in [0.29, 0.717) is 0 Å². The first-order chi connectivity index (χ1) is 8.04. The van der Waals surface area contributed by atoms with E-state index in [0.717, 1.165) is 6.07 Å². The molecule has 0 fully saturated rings. The first-order valence-electron chi connectivity index (χ1n) is 4.87. The molecule has 7 nitrogen and oxygen atoms in total. The van der Waals surface area contributed by atoms with Crippen molar-refractivity contribution >= 4 is 17.3 Å². The molecule has 1 aromatic rings. The van der Waals surface area contributed by atoms with Crippen LogP contribution in [-0.4, -0.2) is 24.1 Å². The number of anilines is 1. The summed E-state index contributed by atoms with van der Waals surface area (Å²) in [5.74, 6) is -0.342. The normalized spacial score (nSPS) is 9.71. The third-order valence-electron chi connectivity index (χ3n) is 1.86. The number of nitrogens with zero attached hydrogens (tertiary/aromatic N) is 1. The Morgan fingerprint density at radius 1 is 1.53 bits per heavy atom. The maximum Gasteiger partial charge on any atom is 0.344 e. The lowest BCUT2D eigenvalue weighted by Gasteiger charge is -2.06. The van der Waals surface area contributed by atoms with Crippen LogP contribution in [0.25, 0.3) is 0 Å². The van der Waals surface area contributed by atoms with E-state index in [1.165, 1.54) is 12.1 Å². The number of nitro groups is 1. The molecule has 1 rings (SSSR count). The van der Waals surface area contributed by atoms with Crippen LogP contribution in [0.2, 0.25) is 0 Å². The predicted molar refractivity (Wildman–Crippen MR) is 59.6 cm³/mol. The van der Waals surface area contributed by atoms with Crippen molar-refractivity contribution in [3.63, 3.8) is 0 Å². The molecule has 0 spiro atoms. The van der Waals surface area contributed by atoms with Gasteiger partial charge in [0, 0.05) is 0 Å². The van der Waals surface area contributed by atoms with Crippen molar-refractivity contribution in [1.82, 2.24) is 0 Å². The largest absolute Gasteiger partial charge is 0.482 e. The zero-order valence-corrected chi connectivity index (χ0v) is 9.21. The Morgan fingerprint density at radius 2 is 2.24 bits per heavy atom. The molecule has 0 aliphatic rings. The van der Waals surface area contributed by atoms with Gasteiger partial charge in [-0.25, -0.2) is 4.79 Å². The Labute approximate surface area is 97.3 Å². The molecule has 0 aromatic heterocycles. The topological polar surface area (TPSA) is 105 Å². The molecule has 0 atom stereocenters. The van der Waals surface area contributed by atoms with Crippen molar-refractivity contribution in [3.8, 4) is 5.75 Å². The first-order valence-corrected chi connectivity index (χ1v) is 4.87. The minimum Gasteiger partial charge on any atom is -0.482 e. The fourth-order valence-corrected chi connectivity index (χ4v) is 1.12. The number of nitrogen functional groups attached to an aromatic ring is 1. The summed E-state index contributed by atoms with van der Waals surface area (Å²) in [6, 6.07) is 3.95. The van der Waals surface area contributed by atoms with Crippen LogP contribution in [0.5, 0.6) is 5.75 Å². The second-order valence-electron chi connectivity index (χ2n) is 3.07. The average molecular weight is 240 g/mol. The summed E-state index contributed by atoms with van der Waals surface area (Å²) in [4.78, 5) is 21.0. The van der Waals surface area contributed by atoms with Crippen LogP contribution in [0.15, 0.2) is 18.2 Å². The number of carbonyl (C=O) groups is 1. The SMILES string of the molecule is CCOC(=O)COc1ccc(N)c([N+](=O)[O-])c1. The molecular weight excluding hydrogens is 228 g/mol. The van der Waals surface area contributed by atoms with Gasteiger partial charge in [-0.3, -0.25) is 10.1 Å². The van der Waals surface area contributed by atoms with Gasteiger partial charge in [0.25, 0.3) is 5.69 Å². The Bertz CT molecular complexity index is 433. The van der Waals surface area contributed by atoms with E-state index in [4.69, 9.17) is 10.5 Å². The molecule has 0 saturated heterocycles. The maximum atomic E-state index is 11.0. The van der Waals surface area contributed by atoms with Crippen molar-refractivity contribution in [2.45, 2.75) is 6.92 Å². The molecule has 17 heavy (non-hydrogen) atoms. The zero-order chi connectivity index (χ0) is 12.8. The van der Waals surface area contributed by atoms with E-state index < -0.39 is 10.9 Å². The number of nitro benzene ring substituents is 1. The van der Waals surface area contributed by atoms with Crippen LogP contribution in [-0.2, 0) is 9.53 Å². The number of nitrogens with two attached hydrogens (primary N) is 1. The van der Waals surface area contributed by atoms with Gasteiger partial charge in [-0.2, -0.15) is 0 Å². The molecule has 0 aliphatic carbocycles.